The highest BCUT2D eigenvalue weighted by Gasteiger charge is 2.16. The standard InChI is InChI=1S/C11H10FNO3S/c1-13-6-10(17(2,15)16)11(14)8-4-3-7(12)5-9(8)13/h3-6H,1-2H3. The van der Waals surface area contributed by atoms with Gasteiger partial charge in [0.05, 0.1) is 5.52 Å². The number of aromatic nitrogens is 1. The highest BCUT2D eigenvalue weighted by molar-refractivity contribution is 7.90. The Balaban J connectivity index is 3.02. The molecule has 1 heterocycles. The van der Waals surface area contributed by atoms with Crippen LogP contribution >= 0.6 is 0 Å². The minimum atomic E-state index is -3.58. The Labute approximate surface area is 97.2 Å². The molecule has 0 spiro atoms. The first-order chi connectivity index (χ1) is 7.80. The molecular weight excluding hydrogens is 245 g/mol. The molecule has 0 atom stereocenters. The Bertz CT molecular complexity index is 762. The van der Waals surface area contributed by atoms with Crippen molar-refractivity contribution in [2.24, 2.45) is 7.05 Å². The minimum Gasteiger partial charge on any atom is -0.349 e. The summed E-state index contributed by atoms with van der Waals surface area (Å²) in [6.07, 6.45) is 2.18. The molecule has 0 radical (unpaired) electrons. The van der Waals surface area contributed by atoms with Gasteiger partial charge in [-0.1, -0.05) is 0 Å². The Hall–Kier alpha value is -1.69. The Morgan fingerprint density at radius 1 is 1.29 bits per heavy atom. The molecule has 1 aromatic carbocycles. The van der Waals surface area contributed by atoms with Gasteiger partial charge in [0.1, 0.15) is 10.7 Å². The first-order valence-corrected chi connectivity index (χ1v) is 6.69. The van der Waals surface area contributed by atoms with Gasteiger partial charge in [-0.2, -0.15) is 0 Å². The van der Waals surface area contributed by atoms with E-state index in [1.807, 2.05) is 0 Å². The lowest BCUT2D eigenvalue weighted by atomic mass is 10.2. The first kappa shape index (κ1) is 11.8. The smallest absolute Gasteiger partial charge is 0.208 e. The van der Waals surface area contributed by atoms with Gasteiger partial charge >= 0.3 is 0 Å². The van der Waals surface area contributed by atoms with Gasteiger partial charge in [0.15, 0.2) is 9.84 Å². The van der Waals surface area contributed by atoms with Crippen LogP contribution in [0, 0.1) is 5.82 Å². The van der Waals surface area contributed by atoms with Crippen LogP contribution in [0.1, 0.15) is 0 Å². The van der Waals surface area contributed by atoms with Gasteiger partial charge in [-0.3, -0.25) is 4.79 Å². The van der Waals surface area contributed by atoms with E-state index in [0.29, 0.717) is 5.52 Å². The van der Waals surface area contributed by atoms with Crippen LogP contribution in [-0.4, -0.2) is 19.2 Å². The molecule has 6 heteroatoms. The second-order valence-electron chi connectivity index (χ2n) is 3.87. The number of sulfone groups is 1. The lowest BCUT2D eigenvalue weighted by molar-refractivity contribution is 0.600. The molecule has 0 unspecified atom stereocenters. The van der Waals surface area contributed by atoms with E-state index in [1.165, 1.54) is 22.9 Å². The molecule has 0 aliphatic heterocycles. The molecular formula is C11H10FNO3S. The van der Waals surface area contributed by atoms with Crippen molar-refractivity contribution in [3.63, 3.8) is 0 Å². The molecule has 0 aliphatic carbocycles. The van der Waals surface area contributed by atoms with Crippen LogP contribution in [0.4, 0.5) is 4.39 Å². The fraction of sp³-hybridized carbons (Fsp3) is 0.182. The number of hydrogen-bond acceptors (Lipinski definition) is 3. The third-order valence-electron chi connectivity index (χ3n) is 2.52. The average molecular weight is 255 g/mol. The number of pyridine rings is 1. The van der Waals surface area contributed by atoms with Gasteiger partial charge in [0.2, 0.25) is 5.43 Å². The Morgan fingerprint density at radius 2 is 1.94 bits per heavy atom. The summed E-state index contributed by atoms with van der Waals surface area (Å²) in [6.45, 7) is 0. The fourth-order valence-corrected chi connectivity index (χ4v) is 2.49. The maximum atomic E-state index is 13.0. The van der Waals surface area contributed by atoms with Crippen molar-refractivity contribution in [2.75, 3.05) is 6.26 Å². The average Bonchev–Trinajstić information content (AvgIpc) is 2.21. The van der Waals surface area contributed by atoms with Crippen LogP contribution in [0.5, 0.6) is 0 Å². The zero-order chi connectivity index (χ0) is 12.8. The summed E-state index contributed by atoms with van der Waals surface area (Å²) in [7, 11) is -2.02. The summed E-state index contributed by atoms with van der Waals surface area (Å²) in [6, 6.07) is 3.63. The summed E-state index contributed by atoms with van der Waals surface area (Å²) in [5.41, 5.74) is -0.233. The van der Waals surface area contributed by atoms with Crippen LogP contribution in [0.15, 0.2) is 34.1 Å². The first-order valence-electron chi connectivity index (χ1n) is 4.79. The van der Waals surface area contributed by atoms with Crippen LogP contribution in [-0.2, 0) is 16.9 Å². The van der Waals surface area contributed by atoms with E-state index in [1.54, 1.807) is 7.05 Å². The van der Waals surface area contributed by atoms with Crippen molar-refractivity contribution in [3.05, 3.63) is 40.4 Å². The molecule has 4 nitrogen and oxygen atoms in total. The lowest BCUT2D eigenvalue weighted by Gasteiger charge is -2.07. The number of halogens is 1. The van der Waals surface area contributed by atoms with Gasteiger partial charge in [-0.25, -0.2) is 12.8 Å². The number of hydrogen-bond donors (Lipinski definition) is 0. The molecule has 0 aliphatic rings. The summed E-state index contributed by atoms with van der Waals surface area (Å²) in [5.74, 6) is -0.473. The van der Waals surface area contributed by atoms with Gasteiger partial charge < -0.3 is 4.57 Å². The summed E-state index contributed by atoms with van der Waals surface area (Å²) >= 11 is 0. The van der Waals surface area contributed by atoms with Crippen molar-refractivity contribution >= 4 is 20.7 Å². The number of benzene rings is 1. The monoisotopic (exact) mass is 255 g/mol. The second-order valence-corrected chi connectivity index (χ2v) is 5.85. The van der Waals surface area contributed by atoms with Crippen molar-refractivity contribution in [1.29, 1.82) is 0 Å². The van der Waals surface area contributed by atoms with Gasteiger partial charge in [-0.15, -0.1) is 0 Å². The molecule has 1 aromatic heterocycles. The highest BCUT2D eigenvalue weighted by atomic mass is 32.2. The molecule has 17 heavy (non-hydrogen) atoms. The largest absolute Gasteiger partial charge is 0.349 e. The van der Waals surface area contributed by atoms with Crippen molar-refractivity contribution < 1.29 is 12.8 Å². The van der Waals surface area contributed by atoms with E-state index >= 15 is 0 Å². The van der Waals surface area contributed by atoms with Crippen molar-refractivity contribution in [2.45, 2.75) is 4.90 Å². The molecule has 2 aromatic rings. The predicted octanol–water partition coefficient (Wildman–Crippen LogP) is 1.08. The summed E-state index contributed by atoms with van der Waals surface area (Å²) < 4.78 is 37.3. The normalized spacial score (nSPS) is 11.9. The van der Waals surface area contributed by atoms with Crippen LogP contribution in [0.2, 0.25) is 0 Å². The number of nitrogens with zero attached hydrogens (tertiary/aromatic N) is 1. The molecule has 90 valence electrons. The quantitative estimate of drug-likeness (QED) is 0.766. The highest BCUT2D eigenvalue weighted by Crippen LogP contribution is 2.14. The fourth-order valence-electron chi connectivity index (χ4n) is 1.69. The Morgan fingerprint density at radius 3 is 2.53 bits per heavy atom. The van der Waals surface area contributed by atoms with Crippen molar-refractivity contribution in [3.8, 4) is 0 Å². The molecule has 0 bridgehead atoms. The minimum absolute atomic E-state index is 0.192. The number of fused-ring (bicyclic) bond motifs is 1. The third-order valence-corrected chi connectivity index (χ3v) is 3.61. The van der Waals surface area contributed by atoms with E-state index in [2.05, 4.69) is 0 Å². The van der Waals surface area contributed by atoms with Crippen molar-refractivity contribution in [1.82, 2.24) is 4.57 Å². The maximum Gasteiger partial charge on any atom is 0.208 e. The Kier molecular flexibility index (Phi) is 2.54. The van der Waals surface area contributed by atoms with Crippen LogP contribution in [0.3, 0.4) is 0 Å². The molecule has 0 saturated carbocycles. The van der Waals surface area contributed by atoms with E-state index < -0.39 is 21.1 Å². The molecule has 2 rings (SSSR count). The lowest BCUT2D eigenvalue weighted by Crippen LogP contribution is -2.17. The van der Waals surface area contributed by atoms with Gasteiger partial charge in [-0.05, 0) is 18.2 Å². The van der Waals surface area contributed by atoms with E-state index in [0.717, 1.165) is 12.3 Å². The maximum absolute atomic E-state index is 13.0. The van der Waals surface area contributed by atoms with E-state index in [4.69, 9.17) is 0 Å². The number of aryl methyl sites for hydroxylation is 1. The summed E-state index contributed by atoms with van der Waals surface area (Å²) in [4.78, 5) is 11.6. The molecule has 0 fully saturated rings. The van der Waals surface area contributed by atoms with Gasteiger partial charge in [0.25, 0.3) is 0 Å². The van der Waals surface area contributed by atoms with E-state index in [9.17, 15) is 17.6 Å². The molecule has 0 N–H and O–H groups in total. The van der Waals surface area contributed by atoms with Gasteiger partial charge in [0, 0.05) is 24.9 Å². The zero-order valence-electron chi connectivity index (χ0n) is 9.27. The summed E-state index contributed by atoms with van der Waals surface area (Å²) in [5, 5.41) is 0.192. The van der Waals surface area contributed by atoms with Crippen LogP contribution in [0.25, 0.3) is 10.9 Å². The third kappa shape index (κ3) is 1.95. The zero-order valence-corrected chi connectivity index (χ0v) is 10.1. The second kappa shape index (κ2) is 3.66. The van der Waals surface area contributed by atoms with Crippen LogP contribution < -0.4 is 5.43 Å². The molecule has 0 amide bonds. The molecule has 0 saturated heterocycles. The van der Waals surface area contributed by atoms with E-state index in [-0.39, 0.29) is 10.3 Å². The topological polar surface area (TPSA) is 56.1 Å². The SMILES string of the molecule is Cn1cc(S(C)(=O)=O)c(=O)c2ccc(F)cc21. The predicted molar refractivity (Wildman–Crippen MR) is 62.3 cm³/mol. The number of rotatable bonds is 1.